The topological polar surface area (TPSA) is 150 Å². The second kappa shape index (κ2) is 6.33. The highest BCUT2D eigenvalue weighted by atomic mass is 16.4. The summed E-state index contributed by atoms with van der Waals surface area (Å²) in [5.41, 5.74) is 4.90. The molecule has 1 unspecified atom stereocenters. The Hall–Kier alpha value is -2.16. The molecular weight excluding hydrogens is 270 g/mol. The van der Waals surface area contributed by atoms with Gasteiger partial charge in [0.05, 0.1) is 12.5 Å². The number of hydrogen-bond donors (Lipinski definition) is 4. The maximum Gasteiger partial charge on any atom is 0.326 e. The number of nitrogens with zero attached hydrogens (tertiary/aromatic N) is 1. The summed E-state index contributed by atoms with van der Waals surface area (Å²) < 4.78 is 0. The molecule has 0 aliphatic carbocycles. The normalized spacial score (nSPS) is 23.2. The van der Waals surface area contributed by atoms with E-state index in [-0.39, 0.29) is 13.0 Å². The van der Waals surface area contributed by atoms with Crippen LogP contribution in [0.3, 0.4) is 0 Å². The average molecular weight is 287 g/mol. The largest absolute Gasteiger partial charge is 0.480 e. The third-order valence-corrected chi connectivity index (χ3v) is 3.01. The van der Waals surface area contributed by atoms with Gasteiger partial charge in [0, 0.05) is 19.9 Å². The minimum Gasteiger partial charge on any atom is -0.480 e. The van der Waals surface area contributed by atoms with Crippen LogP contribution in [0.5, 0.6) is 0 Å². The maximum atomic E-state index is 12.0. The molecule has 9 nitrogen and oxygen atoms in total. The van der Waals surface area contributed by atoms with Crippen molar-refractivity contribution in [2.45, 2.75) is 38.0 Å². The molecule has 0 bridgehead atoms. The van der Waals surface area contributed by atoms with Crippen LogP contribution in [0.25, 0.3) is 0 Å². The zero-order chi connectivity index (χ0) is 15.4. The number of primary amides is 1. The number of nitrogens with two attached hydrogens (primary N) is 1. The van der Waals surface area contributed by atoms with Gasteiger partial charge in [0.1, 0.15) is 12.1 Å². The van der Waals surface area contributed by atoms with Crippen LogP contribution in [0.15, 0.2) is 0 Å². The fourth-order valence-electron chi connectivity index (χ4n) is 2.08. The summed E-state index contributed by atoms with van der Waals surface area (Å²) in [5.74, 6) is -3.40. The molecule has 20 heavy (non-hydrogen) atoms. The van der Waals surface area contributed by atoms with Crippen molar-refractivity contribution in [1.29, 1.82) is 0 Å². The van der Waals surface area contributed by atoms with Crippen LogP contribution in [0, 0.1) is 0 Å². The van der Waals surface area contributed by atoms with Crippen molar-refractivity contribution in [3.63, 3.8) is 0 Å². The van der Waals surface area contributed by atoms with E-state index in [2.05, 4.69) is 5.32 Å². The Bertz CT molecular complexity index is 438. The predicted molar refractivity (Wildman–Crippen MR) is 65.2 cm³/mol. The van der Waals surface area contributed by atoms with Crippen molar-refractivity contribution in [3.05, 3.63) is 0 Å². The molecular formula is C11H17N3O6. The van der Waals surface area contributed by atoms with Crippen molar-refractivity contribution >= 4 is 23.7 Å². The quantitative estimate of drug-likeness (QED) is 0.436. The Balaban J connectivity index is 2.75. The van der Waals surface area contributed by atoms with Crippen molar-refractivity contribution in [2.24, 2.45) is 5.73 Å². The molecule has 1 fully saturated rings. The molecule has 0 aromatic heterocycles. The SMILES string of the molecule is CC(=O)N1CC(O)C[C@H]1C(=O)N[C@@H](CC(N)=O)C(=O)O. The number of β-amino-alcohol motifs (C(OH)–C–C–N with tert-alkyl or cyclic N) is 1. The summed E-state index contributed by atoms with van der Waals surface area (Å²) in [7, 11) is 0. The molecule has 5 N–H and O–H groups in total. The molecule has 0 aromatic rings. The molecule has 1 heterocycles. The molecule has 1 rings (SSSR count). The maximum absolute atomic E-state index is 12.0. The molecule has 0 aromatic carbocycles. The van der Waals surface area contributed by atoms with Gasteiger partial charge in [-0.15, -0.1) is 0 Å². The summed E-state index contributed by atoms with van der Waals surface area (Å²) in [4.78, 5) is 46.1. The third kappa shape index (κ3) is 3.92. The number of aliphatic hydroxyl groups is 1. The summed E-state index contributed by atoms with van der Waals surface area (Å²) in [6.45, 7) is 1.26. The number of carboxylic acids is 1. The molecule has 112 valence electrons. The summed E-state index contributed by atoms with van der Waals surface area (Å²) >= 11 is 0. The minimum atomic E-state index is -1.45. The summed E-state index contributed by atoms with van der Waals surface area (Å²) in [5, 5.41) is 20.5. The lowest BCUT2D eigenvalue weighted by Gasteiger charge is -2.23. The van der Waals surface area contributed by atoms with Gasteiger partial charge in [0.2, 0.25) is 17.7 Å². The molecule has 0 saturated carbocycles. The first-order chi connectivity index (χ1) is 9.22. The molecule has 1 saturated heterocycles. The number of amides is 3. The second-order valence-electron chi connectivity index (χ2n) is 4.65. The van der Waals surface area contributed by atoms with Gasteiger partial charge in [-0.25, -0.2) is 4.79 Å². The van der Waals surface area contributed by atoms with E-state index < -0.39 is 48.3 Å². The Morgan fingerprint density at radius 1 is 1.40 bits per heavy atom. The molecule has 3 amide bonds. The Labute approximate surface area is 114 Å². The van der Waals surface area contributed by atoms with Crippen molar-refractivity contribution in [2.75, 3.05) is 6.54 Å². The van der Waals surface area contributed by atoms with E-state index in [4.69, 9.17) is 10.8 Å². The fraction of sp³-hybridized carbons (Fsp3) is 0.636. The first-order valence-corrected chi connectivity index (χ1v) is 5.99. The van der Waals surface area contributed by atoms with E-state index in [0.717, 1.165) is 4.90 Å². The van der Waals surface area contributed by atoms with E-state index in [1.807, 2.05) is 0 Å². The van der Waals surface area contributed by atoms with Gasteiger partial charge >= 0.3 is 5.97 Å². The van der Waals surface area contributed by atoms with Gasteiger partial charge < -0.3 is 26.2 Å². The zero-order valence-corrected chi connectivity index (χ0v) is 10.9. The van der Waals surface area contributed by atoms with E-state index in [1.54, 1.807) is 0 Å². The summed E-state index contributed by atoms with van der Waals surface area (Å²) in [6, 6.07) is -2.40. The molecule has 3 atom stereocenters. The number of carboxylic acid groups (broad SMARTS) is 1. The second-order valence-corrected chi connectivity index (χ2v) is 4.65. The van der Waals surface area contributed by atoms with Crippen molar-refractivity contribution in [3.8, 4) is 0 Å². The van der Waals surface area contributed by atoms with Crippen molar-refractivity contribution < 1.29 is 29.4 Å². The first-order valence-electron chi connectivity index (χ1n) is 5.99. The number of carbonyl (C=O) groups is 4. The van der Waals surface area contributed by atoms with E-state index >= 15 is 0 Å². The van der Waals surface area contributed by atoms with Crippen LogP contribution in [0.2, 0.25) is 0 Å². The number of rotatable bonds is 5. The smallest absolute Gasteiger partial charge is 0.326 e. The Morgan fingerprint density at radius 3 is 2.45 bits per heavy atom. The predicted octanol–water partition coefficient (Wildman–Crippen LogP) is -2.59. The Kier molecular flexibility index (Phi) is 5.03. The van der Waals surface area contributed by atoms with E-state index in [0.29, 0.717) is 0 Å². The van der Waals surface area contributed by atoms with Crippen LogP contribution < -0.4 is 11.1 Å². The lowest BCUT2D eigenvalue weighted by atomic mass is 10.1. The first kappa shape index (κ1) is 15.9. The van der Waals surface area contributed by atoms with Gasteiger partial charge in [0.25, 0.3) is 0 Å². The van der Waals surface area contributed by atoms with Gasteiger partial charge in [-0.05, 0) is 0 Å². The highest BCUT2D eigenvalue weighted by Crippen LogP contribution is 2.18. The number of aliphatic hydroxyl groups excluding tert-OH is 1. The van der Waals surface area contributed by atoms with E-state index in [1.165, 1.54) is 6.92 Å². The van der Waals surface area contributed by atoms with Gasteiger partial charge in [-0.1, -0.05) is 0 Å². The van der Waals surface area contributed by atoms with Crippen LogP contribution in [0.1, 0.15) is 19.8 Å². The molecule has 1 aliphatic heterocycles. The van der Waals surface area contributed by atoms with Crippen LogP contribution >= 0.6 is 0 Å². The minimum absolute atomic E-state index is 0.0149. The number of hydrogen-bond acceptors (Lipinski definition) is 5. The van der Waals surface area contributed by atoms with Crippen LogP contribution in [-0.2, 0) is 19.2 Å². The molecule has 0 radical (unpaired) electrons. The average Bonchev–Trinajstić information content (AvgIpc) is 2.69. The van der Waals surface area contributed by atoms with Gasteiger partial charge in [-0.3, -0.25) is 14.4 Å². The van der Waals surface area contributed by atoms with Crippen molar-refractivity contribution in [1.82, 2.24) is 10.2 Å². The van der Waals surface area contributed by atoms with E-state index in [9.17, 15) is 24.3 Å². The number of likely N-dealkylation sites (tertiary alicyclic amines) is 1. The number of nitrogens with one attached hydrogen (secondary N) is 1. The van der Waals surface area contributed by atoms with Crippen LogP contribution in [0.4, 0.5) is 0 Å². The van der Waals surface area contributed by atoms with Gasteiger partial charge in [-0.2, -0.15) is 0 Å². The molecule has 1 aliphatic rings. The number of carbonyl (C=O) groups excluding carboxylic acids is 3. The molecule has 9 heteroatoms. The highest BCUT2D eigenvalue weighted by Gasteiger charge is 2.38. The monoisotopic (exact) mass is 287 g/mol. The van der Waals surface area contributed by atoms with Gasteiger partial charge in [0.15, 0.2) is 0 Å². The Morgan fingerprint density at radius 2 is 2.00 bits per heavy atom. The third-order valence-electron chi connectivity index (χ3n) is 3.01. The highest BCUT2D eigenvalue weighted by molar-refractivity contribution is 5.92. The number of aliphatic carboxylic acids is 1. The lowest BCUT2D eigenvalue weighted by molar-refractivity contribution is -0.144. The standard InChI is InChI=1S/C11H17N3O6/c1-5(15)14-4-6(16)2-8(14)10(18)13-7(11(19)20)3-9(12)17/h6-8,16H,2-4H2,1H3,(H2,12,17)(H,13,18)(H,19,20)/t6?,7-,8-/m0/s1. The fourth-order valence-corrected chi connectivity index (χ4v) is 2.08. The summed E-state index contributed by atoms with van der Waals surface area (Å²) in [6.07, 6.45) is -1.36. The zero-order valence-electron chi connectivity index (χ0n) is 10.9. The van der Waals surface area contributed by atoms with Crippen LogP contribution in [-0.4, -0.2) is 63.5 Å². The molecule has 0 spiro atoms. The lowest BCUT2D eigenvalue weighted by Crippen LogP contribution is -2.51.